The molecule has 1 aliphatic rings. The van der Waals surface area contributed by atoms with Gasteiger partial charge in [0.05, 0.1) is 11.1 Å². The van der Waals surface area contributed by atoms with Crippen molar-refractivity contribution in [1.29, 1.82) is 0 Å². The van der Waals surface area contributed by atoms with Gasteiger partial charge in [-0.25, -0.2) is 4.79 Å². The number of amides is 4. The van der Waals surface area contributed by atoms with Crippen LogP contribution in [0.15, 0.2) is 18.2 Å². The summed E-state index contributed by atoms with van der Waals surface area (Å²) in [7, 11) is 0. The van der Waals surface area contributed by atoms with Gasteiger partial charge in [-0.2, -0.15) is 0 Å². The molecule has 6 heteroatoms. The van der Waals surface area contributed by atoms with E-state index in [9.17, 15) is 14.4 Å². The van der Waals surface area contributed by atoms with Gasteiger partial charge in [0.25, 0.3) is 11.8 Å². The molecule has 6 nitrogen and oxygen atoms in total. The SMILES string of the molecule is CCCCN(CCCC)C(=O)Nc1ccc2c(c1)C(=O)N(C(C)C)C2=O. The Hall–Kier alpha value is -2.37. The zero-order valence-electron chi connectivity index (χ0n) is 16.2. The van der Waals surface area contributed by atoms with Crippen molar-refractivity contribution in [2.24, 2.45) is 0 Å². The van der Waals surface area contributed by atoms with Gasteiger partial charge in [0.15, 0.2) is 0 Å². The fourth-order valence-corrected chi connectivity index (χ4v) is 3.02. The molecule has 0 bridgehead atoms. The van der Waals surface area contributed by atoms with Crippen molar-refractivity contribution in [1.82, 2.24) is 9.80 Å². The number of nitrogens with one attached hydrogen (secondary N) is 1. The minimum absolute atomic E-state index is 0.163. The average Bonchev–Trinajstić information content (AvgIpc) is 2.85. The van der Waals surface area contributed by atoms with Gasteiger partial charge in [0.2, 0.25) is 0 Å². The monoisotopic (exact) mass is 359 g/mol. The Labute approximate surface area is 155 Å². The summed E-state index contributed by atoms with van der Waals surface area (Å²) >= 11 is 0. The van der Waals surface area contributed by atoms with Crippen molar-refractivity contribution < 1.29 is 14.4 Å². The van der Waals surface area contributed by atoms with Crippen molar-refractivity contribution in [2.45, 2.75) is 59.4 Å². The molecular formula is C20H29N3O3. The number of hydrogen-bond donors (Lipinski definition) is 1. The number of imide groups is 1. The Balaban J connectivity index is 2.15. The first-order valence-corrected chi connectivity index (χ1v) is 9.48. The molecule has 26 heavy (non-hydrogen) atoms. The lowest BCUT2D eigenvalue weighted by atomic mass is 10.1. The molecule has 0 aliphatic carbocycles. The zero-order chi connectivity index (χ0) is 19.3. The van der Waals surface area contributed by atoms with E-state index < -0.39 is 0 Å². The standard InChI is InChI=1S/C20H29N3O3/c1-5-7-11-22(12-8-6-2)20(26)21-15-9-10-16-17(13-15)19(25)23(14(3)4)18(16)24/h9-10,13-14H,5-8,11-12H2,1-4H3,(H,21,26). The first-order valence-electron chi connectivity index (χ1n) is 9.48. The van der Waals surface area contributed by atoms with E-state index in [0.717, 1.165) is 25.7 Å². The van der Waals surface area contributed by atoms with Crippen LogP contribution < -0.4 is 5.32 Å². The van der Waals surface area contributed by atoms with Gasteiger partial charge >= 0.3 is 6.03 Å². The van der Waals surface area contributed by atoms with E-state index in [-0.39, 0.29) is 23.9 Å². The van der Waals surface area contributed by atoms with Gasteiger partial charge in [-0.15, -0.1) is 0 Å². The van der Waals surface area contributed by atoms with Gasteiger partial charge in [0.1, 0.15) is 0 Å². The lowest BCUT2D eigenvalue weighted by molar-refractivity contribution is 0.0609. The number of carbonyl (C=O) groups is 3. The minimum atomic E-state index is -0.301. The Bertz CT molecular complexity index is 677. The summed E-state index contributed by atoms with van der Waals surface area (Å²) in [5, 5.41) is 2.87. The maximum atomic E-state index is 12.6. The first kappa shape index (κ1) is 19.9. The summed E-state index contributed by atoms with van der Waals surface area (Å²) in [4.78, 5) is 40.5. The molecule has 0 saturated heterocycles. The highest BCUT2D eigenvalue weighted by molar-refractivity contribution is 6.22. The lowest BCUT2D eigenvalue weighted by Gasteiger charge is -2.23. The van der Waals surface area contributed by atoms with Crippen molar-refractivity contribution in [3.05, 3.63) is 29.3 Å². The van der Waals surface area contributed by atoms with E-state index in [4.69, 9.17) is 0 Å². The van der Waals surface area contributed by atoms with Crippen LogP contribution in [0.3, 0.4) is 0 Å². The van der Waals surface area contributed by atoms with Gasteiger partial charge in [0, 0.05) is 24.8 Å². The number of urea groups is 1. The number of hydrogen-bond acceptors (Lipinski definition) is 3. The molecule has 1 aliphatic heterocycles. The fourth-order valence-electron chi connectivity index (χ4n) is 3.02. The van der Waals surface area contributed by atoms with Crippen LogP contribution in [0.4, 0.5) is 10.5 Å². The smallest absolute Gasteiger partial charge is 0.321 e. The molecule has 1 N–H and O–H groups in total. The normalized spacial score (nSPS) is 13.3. The van der Waals surface area contributed by atoms with E-state index in [1.807, 2.05) is 18.7 Å². The third kappa shape index (κ3) is 4.23. The maximum absolute atomic E-state index is 12.6. The lowest BCUT2D eigenvalue weighted by Crippen LogP contribution is -2.36. The molecule has 0 spiro atoms. The van der Waals surface area contributed by atoms with Crippen LogP contribution in [-0.4, -0.2) is 46.8 Å². The molecule has 0 radical (unpaired) electrons. The fraction of sp³-hybridized carbons (Fsp3) is 0.550. The first-order chi connectivity index (χ1) is 12.4. The Morgan fingerprint density at radius 2 is 1.62 bits per heavy atom. The van der Waals surface area contributed by atoms with E-state index in [0.29, 0.717) is 29.9 Å². The van der Waals surface area contributed by atoms with Gasteiger partial charge in [-0.1, -0.05) is 26.7 Å². The predicted molar refractivity (Wildman–Crippen MR) is 102 cm³/mol. The number of unbranched alkanes of at least 4 members (excludes halogenated alkanes) is 2. The summed E-state index contributed by atoms with van der Waals surface area (Å²) in [5.74, 6) is -0.574. The molecule has 142 valence electrons. The van der Waals surface area contributed by atoms with E-state index in [1.165, 1.54) is 4.90 Å². The maximum Gasteiger partial charge on any atom is 0.321 e. The third-order valence-electron chi connectivity index (χ3n) is 4.54. The molecule has 1 aromatic carbocycles. The quantitative estimate of drug-likeness (QED) is 0.710. The molecule has 0 saturated carbocycles. The molecular weight excluding hydrogens is 330 g/mol. The van der Waals surface area contributed by atoms with Crippen molar-refractivity contribution in [2.75, 3.05) is 18.4 Å². The second-order valence-corrected chi connectivity index (χ2v) is 6.96. The van der Waals surface area contributed by atoms with Crippen LogP contribution in [0.25, 0.3) is 0 Å². The largest absolute Gasteiger partial charge is 0.325 e. The number of carbonyl (C=O) groups excluding carboxylic acids is 3. The second kappa shape index (κ2) is 8.83. The molecule has 4 amide bonds. The van der Waals surface area contributed by atoms with Crippen LogP contribution in [0.5, 0.6) is 0 Å². The summed E-state index contributed by atoms with van der Waals surface area (Å²) in [5.41, 5.74) is 1.30. The van der Waals surface area contributed by atoms with Crippen molar-refractivity contribution >= 4 is 23.5 Å². The van der Waals surface area contributed by atoms with Crippen molar-refractivity contribution in [3.63, 3.8) is 0 Å². The molecule has 0 unspecified atom stereocenters. The number of fused-ring (bicyclic) bond motifs is 1. The third-order valence-corrected chi connectivity index (χ3v) is 4.54. The number of anilines is 1. The molecule has 1 aromatic rings. The molecule has 1 heterocycles. The minimum Gasteiger partial charge on any atom is -0.325 e. The van der Waals surface area contributed by atoms with Gasteiger partial charge in [-0.3, -0.25) is 14.5 Å². The molecule has 2 rings (SSSR count). The number of benzene rings is 1. The Kier molecular flexibility index (Phi) is 6.77. The van der Waals surface area contributed by atoms with Crippen LogP contribution in [0.1, 0.15) is 74.1 Å². The topological polar surface area (TPSA) is 69.7 Å². The predicted octanol–water partition coefficient (Wildman–Crippen LogP) is 4.13. The highest BCUT2D eigenvalue weighted by atomic mass is 16.2. The van der Waals surface area contributed by atoms with Crippen LogP contribution in [0, 0.1) is 0 Å². The highest BCUT2D eigenvalue weighted by Crippen LogP contribution is 2.27. The van der Waals surface area contributed by atoms with Crippen molar-refractivity contribution in [3.8, 4) is 0 Å². The second-order valence-electron chi connectivity index (χ2n) is 6.96. The zero-order valence-corrected chi connectivity index (χ0v) is 16.2. The Morgan fingerprint density at radius 3 is 2.15 bits per heavy atom. The summed E-state index contributed by atoms with van der Waals surface area (Å²) in [6.07, 6.45) is 3.96. The summed E-state index contributed by atoms with van der Waals surface area (Å²) in [6, 6.07) is 4.55. The van der Waals surface area contributed by atoms with E-state index >= 15 is 0 Å². The average molecular weight is 359 g/mol. The highest BCUT2D eigenvalue weighted by Gasteiger charge is 2.37. The van der Waals surface area contributed by atoms with E-state index in [2.05, 4.69) is 19.2 Å². The van der Waals surface area contributed by atoms with Gasteiger partial charge < -0.3 is 10.2 Å². The summed E-state index contributed by atoms with van der Waals surface area (Å²) < 4.78 is 0. The van der Waals surface area contributed by atoms with Crippen LogP contribution in [0.2, 0.25) is 0 Å². The van der Waals surface area contributed by atoms with Crippen LogP contribution in [-0.2, 0) is 0 Å². The van der Waals surface area contributed by atoms with Gasteiger partial charge in [-0.05, 0) is 44.9 Å². The Morgan fingerprint density at radius 1 is 1.04 bits per heavy atom. The molecule has 0 atom stereocenters. The number of nitrogens with zero attached hydrogens (tertiary/aromatic N) is 2. The number of rotatable bonds is 8. The summed E-state index contributed by atoms with van der Waals surface area (Å²) in [6.45, 7) is 9.24. The molecule has 0 aromatic heterocycles. The van der Waals surface area contributed by atoms with Crippen LogP contribution >= 0.6 is 0 Å². The molecule has 0 fully saturated rings. The van der Waals surface area contributed by atoms with E-state index in [1.54, 1.807) is 18.2 Å².